The highest BCUT2D eigenvalue weighted by Gasteiger charge is 2.19. The maximum absolute atomic E-state index is 13.0. The molecule has 0 aliphatic heterocycles. The fraction of sp³-hybridized carbons (Fsp3) is 0.538. The van der Waals surface area contributed by atoms with Crippen molar-refractivity contribution in [1.82, 2.24) is 5.32 Å². The number of halogens is 2. The summed E-state index contributed by atoms with van der Waals surface area (Å²) >= 11 is 0. The molecule has 0 aromatic heterocycles. The number of benzene rings is 1. The first-order chi connectivity index (χ1) is 9.46. The maximum atomic E-state index is 13.0. The topological polar surface area (TPSA) is 58.2 Å². The molecule has 2 N–H and O–H groups in total. The van der Waals surface area contributed by atoms with E-state index in [1.807, 2.05) is 0 Å². The molecule has 7 heteroatoms. The molecule has 2 rings (SSSR count). The Morgan fingerprint density at radius 2 is 1.90 bits per heavy atom. The van der Waals surface area contributed by atoms with Crippen molar-refractivity contribution in [3.63, 3.8) is 0 Å². The SMILES string of the molecule is O=S(=O)(CCCCNC1CC1)Nc1ccc(F)c(F)c1. The van der Waals surface area contributed by atoms with E-state index in [9.17, 15) is 17.2 Å². The Bertz CT molecular complexity index is 559. The monoisotopic (exact) mass is 304 g/mol. The Morgan fingerprint density at radius 3 is 2.55 bits per heavy atom. The standard InChI is InChI=1S/C13H18F2N2O2S/c14-12-6-5-11(9-13(12)15)17-20(18,19)8-2-1-7-16-10-3-4-10/h5-6,9-10,16-17H,1-4,7-8H2. The lowest BCUT2D eigenvalue weighted by atomic mass is 10.3. The summed E-state index contributed by atoms with van der Waals surface area (Å²) in [6.45, 7) is 0.811. The Hall–Kier alpha value is -1.21. The van der Waals surface area contributed by atoms with Crippen molar-refractivity contribution in [2.75, 3.05) is 17.0 Å². The van der Waals surface area contributed by atoms with Crippen molar-refractivity contribution in [3.05, 3.63) is 29.8 Å². The number of unbranched alkanes of at least 4 members (excludes halogenated alkanes) is 1. The van der Waals surface area contributed by atoms with Crippen LogP contribution in [0.1, 0.15) is 25.7 Å². The van der Waals surface area contributed by atoms with E-state index < -0.39 is 21.7 Å². The first-order valence-corrected chi connectivity index (χ1v) is 8.30. The quantitative estimate of drug-likeness (QED) is 0.724. The van der Waals surface area contributed by atoms with E-state index in [4.69, 9.17) is 0 Å². The fourth-order valence-corrected chi connectivity index (χ4v) is 2.97. The van der Waals surface area contributed by atoms with Gasteiger partial charge in [-0.2, -0.15) is 0 Å². The van der Waals surface area contributed by atoms with Crippen molar-refractivity contribution in [2.24, 2.45) is 0 Å². The van der Waals surface area contributed by atoms with Gasteiger partial charge in [-0.25, -0.2) is 17.2 Å². The molecule has 0 amide bonds. The second-order valence-electron chi connectivity index (χ2n) is 4.99. The molecule has 1 aromatic rings. The number of sulfonamides is 1. The van der Waals surface area contributed by atoms with Crippen LogP contribution < -0.4 is 10.0 Å². The second-order valence-corrected chi connectivity index (χ2v) is 6.83. The molecule has 4 nitrogen and oxygen atoms in total. The summed E-state index contributed by atoms with van der Waals surface area (Å²) in [6, 6.07) is 3.55. The molecule has 112 valence electrons. The Labute approximate surface area is 117 Å². The van der Waals surface area contributed by atoms with Gasteiger partial charge in [0.2, 0.25) is 10.0 Å². The molecule has 0 bridgehead atoms. The molecule has 1 saturated carbocycles. The normalized spacial score (nSPS) is 15.3. The third kappa shape index (κ3) is 5.05. The predicted octanol–water partition coefficient (Wildman–Crippen LogP) is 2.24. The zero-order chi connectivity index (χ0) is 14.6. The van der Waals surface area contributed by atoms with E-state index in [0.717, 1.165) is 25.1 Å². The van der Waals surface area contributed by atoms with Gasteiger partial charge in [-0.15, -0.1) is 0 Å². The second kappa shape index (κ2) is 6.49. The van der Waals surface area contributed by atoms with E-state index in [1.54, 1.807) is 0 Å². The largest absolute Gasteiger partial charge is 0.314 e. The summed E-state index contributed by atoms with van der Waals surface area (Å²) in [5.74, 6) is -2.10. The molecule has 1 aromatic carbocycles. The van der Waals surface area contributed by atoms with Crippen LogP contribution in [-0.4, -0.2) is 26.8 Å². The number of anilines is 1. The molecule has 20 heavy (non-hydrogen) atoms. The Kier molecular flexibility index (Phi) is 4.93. The highest BCUT2D eigenvalue weighted by molar-refractivity contribution is 7.92. The van der Waals surface area contributed by atoms with Gasteiger partial charge in [0.25, 0.3) is 0 Å². The average Bonchev–Trinajstić information content (AvgIpc) is 3.17. The molecular weight excluding hydrogens is 286 g/mol. The Balaban J connectivity index is 1.75. The molecule has 0 unspecified atom stereocenters. The smallest absolute Gasteiger partial charge is 0.232 e. The first-order valence-electron chi connectivity index (χ1n) is 6.65. The molecule has 1 fully saturated rings. The highest BCUT2D eigenvalue weighted by atomic mass is 32.2. The van der Waals surface area contributed by atoms with Gasteiger partial charge in [-0.3, -0.25) is 4.72 Å². The molecule has 0 saturated heterocycles. The lowest BCUT2D eigenvalue weighted by Crippen LogP contribution is -2.20. The van der Waals surface area contributed by atoms with Gasteiger partial charge in [0.15, 0.2) is 11.6 Å². The third-order valence-corrected chi connectivity index (χ3v) is 4.42. The molecule has 0 radical (unpaired) electrons. The summed E-state index contributed by atoms with van der Waals surface area (Å²) in [4.78, 5) is 0. The van der Waals surface area contributed by atoms with Crippen LogP contribution in [0.15, 0.2) is 18.2 Å². The highest BCUT2D eigenvalue weighted by Crippen LogP contribution is 2.18. The molecule has 1 aliphatic carbocycles. The van der Waals surface area contributed by atoms with Crippen molar-refractivity contribution < 1.29 is 17.2 Å². The van der Waals surface area contributed by atoms with Crippen LogP contribution in [0.25, 0.3) is 0 Å². The van der Waals surface area contributed by atoms with Crippen LogP contribution >= 0.6 is 0 Å². The molecule has 1 aliphatic rings. The molecule has 0 spiro atoms. The summed E-state index contributed by atoms with van der Waals surface area (Å²) in [6.07, 6.45) is 3.71. The van der Waals surface area contributed by atoms with Gasteiger partial charge in [0.1, 0.15) is 0 Å². The Morgan fingerprint density at radius 1 is 1.15 bits per heavy atom. The zero-order valence-electron chi connectivity index (χ0n) is 11.0. The van der Waals surface area contributed by atoms with E-state index in [0.29, 0.717) is 12.5 Å². The van der Waals surface area contributed by atoms with Crippen LogP contribution in [0.5, 0.6) is 0 Å². The van der Waals surface area contributed by atoms with Crippen molar-refractivity contribution in [3.8, 4) is 0 Å². The van der Waals surface area contributed by atoms with E-state index >= 15 is 0 Å². The number of nitrogens with one attached hydrogen (secondary N) is 2. The van der Waals surface area contributed by atoms with Crippen molar-refractivity contribution in [1.29, 1.82) is 0 Å². The summed E-state index contributed by atoms with van der Waals surface area (Å²) in [5, 5.41) is 3.30. The van der Waals surface area contributed by atoms with Crippen LogP contribution in [0.3, 0.4) is 0 Å². The van der Waals surface area contributed by atoms with Crippen LogP contribution in [0.4, 0.5) is 14.5 Å². The lowest BCUT2D eigenvalue weighted by Gasteiger charge is -2.08. The van der Waals surface area contributed by atoms with Gasteiger partial charge >= 0.3 is 0 Å². The maximum Gasteiger partial charge on any atom is 0.232 e. The van der Waals surface area contributed by atoms with Crippen molar-refractivity contribution >= 4 is 15.7 Å². The minimum atomic E-state index is -3.52. The predicted molar refractivity (Wildman–Crippen MR) is 74.0 cm³/mol. The van der Waals surface area contributed by atoms with E-state index in [1.165, 1.54) is 18.9 Å². The van der Waals surface area contributed by atoms with Crippen LogP contribution in [0, 0.1) is 11.6 Å². The summed E-state index contributed by atoms with van der Waals surface area (Å²) < 4.78 is 51.5. The van der Waals surface area contributed by atoms with Gasteiger partial charge in [0, 0.05) is 12.1 Å². The fourth-order valence-electron chi connectivity index (χ4n) is 1.80. The number of hydrogen-bond acceptors (Lipinski definition) is 3. The number of rotatable bonds is 8. The molecule has 0 heterocycles. The van der Waals surface area contributed by atoms with Gasteiger partial charge < -0.3 is 5.32 Å². The van der Waals surface area contributed by atoms with Crippen molar-refractivity contribution in [2.45, 2.75) is 31.7 Å². The molecular formula is C13H18F2N2O2S. The van der Waals surface area contributed by atoms with Gasteiger partial charge in [-0.1, -0.05) is 0 Å². The minimum Gasteiger partial charge on any atom is -0.314 e. The third-order valence-electron chi connectivity index (χ3n) is 3.04. The minimum absolute atomic E-state index is 0.0294. The van der Waals surface area contributed by atoms with Gasteiger partial charge in [-0.05, 0) is 44.4 Å². The van der Waals surface area contributed by atoms with Crippen LogP contribution in [0.2, 0.25) is 0 Å². The summed E-state index contributed by atoms with van der Waals surface area (Å²) in [7, 11) is -3.52. The lowest BCUT2D eigenvalue weighted by molar-refractivity contribution is 0.509. The average molecular weight is 304 g/mol. The van der Waals surface area contributed by atoms with Gasteiger partial charge in [0.05, 0.1) is 11.4 Å². The number of hydrogen-bond donors (Lipinski definition) is 2. The van der Waals surface area contributed by atoms with Crippen LogP contribution in [-0.2, 0) is 10.0 Å². The summed E-state index contributed by atoms with van der Waals surface area (Å²) in [5.41, 5.74) is 0.0417. The van der Waals surface area contributed by atoms with E-state index in [2.05, 4.69) is 10.0 Å². The first kappa shape index (κ1) is 15.2. The zero-order valence-corrected chi connectivity index (χ0v) is 11.8. The molecule has 0 atom stereocenters. The van der Waals surface area contributed by atoms with E-state index in [-0.39, 0.29) is 11.4 Å².